The summed E-state index contributed by atoms with van der Waals surface area (Å²) in [6.07, 6.45) is 6.65. The van der Waals surface area contributed by atoms with E-state index in [9.17, 15) is 14.7 Å². The van der Waals surface area contributed by atoms with Gasteiger partial charge in [-0.1, -0.05) is 25.3 Å². The van der Waals surface area contributed by atoms with E-state index >= 15 is 0 Å². The molecule has 0 spiro atoms. The van der Waals surface area contributed by atoms with Gasteiger partial charge in [0.05, 0.1) is 36.0 Å². The number of hydrogen-bond donors (Lipinski definition) is 2. The minimum atomic E-state index is -0.830. The lowest BCUT2D eigenvalue weighted by molar-refractivity contribution is -0.138. The quantitative estimate of drug-likeness (QED) is 0.846. The van der Waals surface area contributed by atoms with Gasteiger partial charge in [0.1, 0.15) is 0 Å². The van der Waals surface area contributed by atoms with Gasteiger partial charge in [0.25, 0.3) is 0 Å². The van der Waals surface area contributed by atoms with Gasteiger partial charge in [-0.25, -0.2) is 0 Å². The van der Waals surface area contributed by atoms with E-state index in [1.807, 2.05) is 23.1 Å². The second-order valence-corrected chi connectivity index (χ2v) is 7.67. The summed E-state index contributed by atoms with van der Waals surface area (Å²) < 4.78 is 0. The fourth-order valence-corrected chi connectivity index (χ4v) is 4.14. The summed E-state index contributed by atoms with van der Waals surface area (Å²) in [7, 11) is 0. The highest BCUT2D eigenvalue weighted by atomic mass is 16.3. The van der Waals surface area contributed by atoms with Crippen LogP contribution in [0.25, 0.3) is 0 Å². The molecule has 1 atom stereocenters. The summed E-state index contributed by atoms with van der Waals surface area (Å²) in [4.78, 5) is 30.5. The number of rotatable bonds is 5. The highest BCUT2D eigenvalue weighted by molar-refractivity contribution is 5.78. The molecule has 3 rings (SSSR count). The van der Waals surface area contributed by atoms with Crippen molar-refractivity contribution < 1.29 is 14.7 Å². The molecule has 0 unspecified atom stereocenters. The van der Waals surface area contributed by atoms with Gasteiger partial charge in [-0.3, -0.25) is 14.6 Å². The van der Waals surface area contributed by atoms with E-state index in [0.29, 0.717) is 6.54 Å². The topological polar surface area (TPSA) is 82.5 Å². The minimum absolute atomic E-state index is 0.0333. The van der Waals surface area contributed by atoms with Crippen molar-refractivity contribution in [1.82, 2.24) is 15.2 Å². The monoisotopic (exact) mass is 359 g/mol. The third-order valence-electron chi connectivity index (χ3n) is 5.53. The lowest BCUT2D eigenvalue weighted by Crippen LogP contribution is -2.40. The second-order valence-electron chi connectivity index (χ2n) is 7.67. The van der Waals surface area contributed by atoms with E-state index in [4.69, 9.17) is 0 Å². The minimum Gasteiger partial charge on any atom is -0.389 e. The van der Waals surface area contributed by atoms with Crippen LogP contribution >= 0.6 is 0 Å². The first kappa shape index (κ1) is 18.8. The fourth-order valence-electron chi connectivity index (χ4n) is 4.14. The summed E-state index contributed by atoms with van der Waals surface area (Å²) >= 11 is 0. The fraction of sp³-hybridized carbons (Fsp3) is 0.650. The first-order chi connectivity index (χ1) is 12.5. The van der Waals surface area contributed by atoms with Gasteiger partial charge in [-0.05, 0) is 37.8 Å². The third-order valence-corrected chi connectivity index (χ3v) is 5.53. The van der Waals surface area contributed by atoms with Crippen molar-refractivity contribution in [2.75, 3.05) is 6.54 Å². The van der Waals surface area contributed by atoms with Crippen LogP contribution in [0.5, 0.6) is 0 Å². The molecule has 6 heteroatoms. The predicted octanol–water partition coefficient (Wildman–Crippen LogP) is 2.47. The molecule has 142 valence electrons. The average molecular weight is 359 g/mol. The molecule has 0 radical (unpaired) electrons. The van der Waals surface area contributed by atoms with Gasteiger partial charge >= 0.3 is 0 Å². The number of nitrogens with one attached hydrogen (secondary N) is 1. The Labute approximate surface area is 155 Å². The molecule has 1 aromatic rings. The first-order valence-electron chi connectivity index (χ1n) is 9.69. The van der Waals surface area contributed by atoms with Crippen molar-refractivity contribution in [3.05, 3.63) is 29.6 Å². The largest absolute Gasteiger partial charge is 0.389 e. The van der Waals surface area contributed by atoms with Crippen molar-refractivity contribution in [1.29, 1.82) is 0 Å². The first-order valence-corrected chi connectivity index (χ1v) is 9.69. The van der Waals surface area contributed by atoms with E-state index in [-0.39, 0.29) is 24.3 Å². The van der Waals surface area contributed by atoms with E-state index in [2.05, 4.69) is 10.3 Å². The van der Waals surface area contributed by atoms with Crippen molar-refractivity contribution in [3.63, 3.8) is 0 Å². The Morgan fingerprint density at radius 1 is 1.27 bits per heavy atom. The summed E-state index contributed by atoms with van der Waals surface area (Å²) in [5.74, 6) is -0.0541. The molecule has 1 saturated carbocycles. The maximum absolute atomic E-state index is 12.9. The Bertz CT molecular complexity index is 655. The molecule has 2 aliphatic rings. The summed E-state index contributed by atoms with van der Waals surface area (Å²) in [5.41, 5.74) is 0.834. The molecule has 1 aliphatic heterocycles. The zero-order valence-electron chi connectivity index (χ0n) is 15.5. The Morgan fingerprint density at radius 2 is 2.04 bits per heavy atom. The highest BCUT2D eigenvalue weighted by Crippen LogP contribution is 2.35. The highest BCUT2D eigenvalue weighted by Gasteiger charge is 2.37. The molecule has 1 aliphatic carbocycles. The number of aliphatic hydroxyl groups is 1. The Hall–Kier alpha value is -1.95. The van der Waals surface area contributed by atoms with Crippen molar-refractivity contribution in [2.45, 2.75) is 76.5 Å². The number of amides is 2. The van der Waals surface area contributed by atoms with E-state index in [1.165, 1.54) is 6.92 Å². The Morgan fingerprint density at radius 3 is 2.77 bits per heavy atom. The molecule has 0 bridgehead atoms. The molecular formula is C20H29N3O3. The maximum atomic E-state index is 12.9. The van der Waals surface area contributed by atoms with Gasteiger partial charge in [0.15, 0.2) is 0 Å². The molecule has 0 aromatic carbocycles. The van der Waals surface area contributed by atoms with Gasteiger partial charge in [0, 0.05) is 13.5 Å². The van der Waals surface area contributed by atoms with E-state index < -0.39 is 5.60 Å². The number of carbonyl (C=O) groups is 2. The summed E-state index contributed by atoms with van der Waals surface area (Å²) in [5, 5.41) is 13.5. The molecule has 2 heterocycles. The van der Waals surface area contributed by atoms with Crippen LogP contribution in [-0.2, 0) is 16.1 Å². The zero-order chi connectivity index (χ0) is 18.6. The third kappa shape index (κ3) is 4.61. The number of hydrogen-bond acceptors (Lipinski definition) is 4. The second kappa shape index (κ2) is 8.16. The smallest absolute Gasteiger partial charge is 0.226 e. The summed E-state index contributed by atoms with van der Waals surface area (Å²) in [6, 6.07) is 5.72. The van der Waals surface area contributed by atoms with E-state index in [0.717, 1.165) is 62.9 Å². The van der Waals surface area contributed by atoms with Crippen molar-refractivity contribution in [2.24, 2.45) is 0 Å². The lowest BCUT2D eigenvalue weighted by atomic mass is 9.82. The molecular weight excluding hydrogens is 330 g/mol. The van der Waals surface area contributed by atoms with Gasteiger partial charge < -0.3 is 15.3 Å². The molecule has 26 heavy (non-hydrogen) atoms. The van der Waals surface area contributed by atoms with Crippen LogP contribution in [0.4, 0.5) is 0 Å². The number of carbonyl (C=O) groups excluding carboxylic acids is 2. The Kier molecular flexibility index (Phi) is 5.91. The molecule has 2 N–H and O–H groups in total. The summed E-state index contributed by atoms with van der Waals surface area (Å²) in [6.45, 7) is 2.60. The van der Waals surface area contributed by atoms with Crippen LogP contribution in [0.3, 0.4) is 0 Å². The van der Waals surface area contributed by atoms with Gasteiger partial charge in [0.2, 0.25) is 11.8 Å². The van der Waals surface area contributed by atoms with Crippen molar-refractivity contribution in [3.8, 4) is 0 Å². The molecule has 2 fully saturated rings. The zero-order valence-corrected chi connectivity index (χ0v) is 15.5. The predicted molar refractivity (Wildman–Crippen MR) is 98.1 cm³/mol. The van der Waals surface area contributed by atoms with Crippen LogP contribution in [0.15, 0.2) is 18.2 Å². The Balaban J connectivity index is 1.68. The molecule has 6 nitrogen and oxygen atoms in total. The molecule has 1 aromatic heterocycles. The van der Waals surface area contributed by atoms with Crippen LogP contribution in [-0.4, -0.2) is 39.0 Å². The van der Waals surface area contributed by atoms with Crippen LogP contribution in [0, 0.1) is 0 Å². The molecule has 2 amide bonds. The molecule has 1 saturated heterocycles. The standard InChI is InChI=1S/C20H29N3O3/c1-15(24)21-14-16-7-5-8-17(22-16)18-9-6-12-23(18)19(25)13-20(26)10-3-2-4-11-20/h5,7-8,18,26H,2-4,6,9-14H2,1H3,(H,21,24)/t18-/m0/s1. The lowest BCUT2D eigenvalue weighted by Gasteiger charge is -2.34. The van der Waals surface area contributed by atoms with Crippen molar-refractivity contribution >= 4 is 11.8 Å². The number of aromatic nitrogens is 1. The normalized spacial score (nSPS) is 22.2. The number of nitrogens with zero attached hydrogens (tertiary/aromatic N) is 2. The van der Waals surface area contributed by atoms with E-state index in [1.54, 1.807) is 0 Å². The maximum Gasteiger partial charge on any atom is 0.226 e. The van der Waals surface area contributed by atoms with Crippen LogP contribution in [0.1, 0.15) is 75.7 Å². The average Bonchev–Trinajstić information content (AvgIpc) is 3.10. The van der Waals surface area contributed by atoms with Crippen LogP contribution < -0.4 is 5.32 Å². The van der Waals surface area contributed by atoms with Gasteiger partial charge in [-0.15, -0.1) is 0 Å². The SMILES string of the molecule is CC(=O)NCc1cccc([C@@H]2CCCN2C(=O)CC2(O)CCCCC2)n1. The van der Waals surface area contributed by atoms with Gasteiger partial charge in [-0.2, -0.15) is 0 Å². The number of pyridine rings is 1. The number of likely N-dealkylation sites (tertiary alicyclic amines) is 1. The van der Waals surface area contributed by atoms with Crippen LogP contribution in [0.2, 0.25) is 0 Å².